The van der Waals surface area contributed by atoms with Crippen LogP contribution in [0.4, 0.5) is 0 Å². The second-order valence-corrected chi connectivity index (χ2v) is 9.11. The number of pyridine rings is 2. The summed E-state index contributed by atoms with van der Waals surface area (Å²) in [5.74, 6) is 0.507. The van der Waals surface area contributed by atoms with Gasteiger partial charge >= 0.3 is 0 Å². The van der Waals surface area contributed by atoms with E-state index in [1.165, 1.54) is 33.4 Å². The summed E-state index contributed by atoms with van der Waals surface area (Å²) in [4.78, 5) is 11.7. The summed E-state index contributed by atoms with van der Waals surface area (Å²) in [6, 6.07) is 12.8. The third kappa shape index (κ3) is 4.41. The molecule has 5 rings (SSSR count). The van der Waals surface area contributed by atoms with Crippen LogP contribution in [0, 0.1) is 0 Å². The summed E-state index contributed by atoms with van der Waals surface area (Å²) in [6.45, 7) is 2.99. The van der Waals surface area contributed by atoms with E-state index in [4.69, 9.17) is 28.2 Å². The van der Waals surface area contributed by atoms with Crippen molar-refractivity contribution in [2.45, 2.75) is 38.1 Å². The molecule has 0 amide bonds. The van der Waals surface area contributed by atoms with Crippen molar-refractivity contribution in [3.05, 3.63) is 99.1 Å². The Labute approximate surface area is 193 Å². The first-order valence-electron chi connectivity index (χ1n) is 10.9. The number of hydrogen-bond acceptors (Lipinski definition) is 3. The quantitative estimate of drug-likeness (QED) is 0.454. The van der Waals surface area contributed by atoms with Crippen LogP contribution in [0.2, 0.25) is 5.02 Å². The van der Waals surface area contributed by atoms with E-state index in [9.17, 15) is 0 Å². The molecule has 1 fully saturated rings. The Morgan fingerprint density at radius 3 is 2.55 bits per heavy atom. The number of aryl methyl sites for hydroxylation is 2. The molecule has 1 aliphatic heterocycles. The summed E-state index contributed by atoms with van der Waals surface area (Å²) in [5.41, 5.74) is 10.3. The summed E-state index contributed by atoms with van der Waals surface area (Å²) in [5, 5.41) is 0.810. The van der Waals surface area contributed by atoms with Crippen LogP contribution in [-0.4, -0.2) is 28.0 Å². The third-order valence-electron chi connectivity index (χ3n) is 6.35. The molecule has 1 saturated heterocycles. The molecular formula is C26H25Cl2N3. The SMILES string of the molecule is ClCc1cncc(CN2CCC(=C3c4ccc(Cl)cc4CCc4cccnc43)CC2)c1. The number of aromatic nitrogens is 2. The zero-order valence-electron chi connectivity index (χ0n) is 17.5. The van der Waals surface area contributed by atoms with E-state index in [1.807, 2.05) is 24.7 Å². The molecule has 3 nitrogen and oxygen atoms in total. The molecule has 0 atom stereocenters. The Morgan fingerprint density at radius 2 is 1.71 bits per heavy atom. The van der Waals surface area contributed by atoms with E-state index in [2.05, 4.69) is 40.2 Å². The van der Waals surface area contributed by atoms with Crippen molar-refractivity contribution in [3.63, 3.8) is 0 Å². The molecule has 3 heterocycles. The van der Waals surface area contributed by atoms with Crippen LogP contribution in [0.3, 0.4) is 0 Å². The largest absolute Gasteiger partial charge is 0.298 e. The van der Waals surface area contributed by atoms with Crippen molar-refractivity contribution in [2.24, 2.45) is 0 Å². The third-order valence-corrected chi connectivity index (χ3v) is 6.90. The molecule has 0 N–H and O–H groups in total. The van der Waals surface area contributed by atoms with Crippen LogP contribution in [-0.2, 0) is 25.3 Å². The monoisotopic (exact) mass is 449 g/mol. The first kappa shape index (κ1) is 20.7. The van der Waals surface area contributed by atoms with Gasteiger partial charge in [0.25, 0.3) is 0 Å². The van der Waals surface area contributed by atoms with E-state index in [1.54, 1.807) is 0 Å². The molecule has 0 bridgehead atoms. The minimum atomic E-state index is 0.507. The van der Waals surface area contributed by atoms with Gasteiger partial charge in [0.05, 0.1) is 5.69 Å². The molecule has 0 radical (unpaired) electrons. The summed E-state index contributed by atoms with van der Waals surface area (Å²) in [7, 11) is 0. The lowest BCUT2D eigenvalue weighted by Gasteiger charge is -2.30. The van der Waals surface area contributed by atoms with Crippen LogP contribution in [0.1, 0.15) is 46.4 Å². The fourth-order valence-electron chi connectivity index (χ4n) is 4.82. The number of likely N-dealkylation sites (tertiary alicyclic amines) is 1. The molecule has 5 heteroatoms. The Kier molecular flexibility index (Phi) is 6.08. The lowest BCUT2D eigenvalue weighted by molar-refractivity contribution is 0.248. The Hall–Kier alpha value is -2.20. The van der Waals surface area contributed by atoms with E-state index in [0.717, 1.165) is 61.6 Å². The molecule has 1 aliphatic carbocycles. The zero-order valence-corrected chi connectivity index (χ0v) is 19.0. The number of fused-ring (bicyclic) bond motifs is 2. The maximum absolute atomic E-state index is 6.34. The van der Waals surface area contributed by atoms with Gasteiger partial charge in [-0.15, -0.1) is 11.6 Å². The molecule has 0 saturated carbocycles. The number of piperidine rings is 1. The van der Waals surface area contributed by atoms with Crippen molar-refractivity contribution in [3.8, 4) is 0 Å². The van der Waals surface area contributed by atoms with Crippen molar-refractivity contribution < 1.29 is 0 Å². The van der Waals surface area contributed by atoms with Gasteiger partial charge in [0.2, 0.25) is 0 Å². The van der Waals surface area contributed by atoms with Gasteiger partial charge in [-0.1, -0.05) is 35.4 Å². The number of rotatable bonds is 3. The Bertz CT molecular complexity index is 1130. The lowest BCUT2D eigenvalue weighted by atomic mass is 9.88. The molecule has 0 unspecified atom stereocenters. The van der Waals surface area contributed by atoms with E-state index < -0.39 is 0 Å². The zero-order chi connectivity index (χ0) is 21.2. The number of halogens is 2. The molecule has 2 aromatic heterocycles. The molecule has 31 heavy (non-hydrogen) atoms. The van der Waals surface area contributed by atoms with Gasteiger partial charge in [0, 0.05) is 54.7 Å². The van der Waals surface area contributed by atoms with Gasteiger partial charge < -0.3 is 0 Å². The predicted molar refractivity (Wildman–Crippen MR) is 127 cm³/mol. The van der Waals surface area contributed by atoms with Gasteiger partial charge in [0.15, 0.2) is 0 Å². The average molecular weight is 450 g/mol. The highest BCUT2D eigenvalue weighted by atomic mass is 35.5. The molecule has 3 aromatic rings. The van der Waals surface area contributed by atoms with Crippen LogP contribution in [0.25, 0.3) is 5.57 Å². The van der Waals surface area contributed by atoms with Crippen LogP contribution >= 0.6 is 23.2 Å². The summed E-state index contributed by atoms with van der Waals surface area (Å²) in [6.07, 6.45) is 9.83. The highest BCUT2D eigenvalue weighted by Crippen LogP contribution is 2.38. The van der Waals surface area contributed by atoms with Crippen molar-refractivity contribution in [1.82, 2.24) is 14.9 Å². The fourth-order valence-corrected chi connectivity index (χ4v) is 5.16. The summed E-state index contributed by atoms with van der Waals surface area (Å²) < 4.78 is 0. The lowest BCUT2D eigenvalue weighted by Crippen LogP contribution is -2.30. The molecule has 2 aliphatic rings. The molecule has 0 spiro atoms. The second kappa shape index (κ2) is 9.12. The standard InChI is InChI=1S/C26H25Cl2N3/c27-14-18-12-19(16-29-15-18)17-31-10-7-20(8-11-31)25-24-6-5-23(28)13-22(24)4-3-21-2-1-9-30-26(21)25/h1-2,5-6,9,12-13,15-16H,3-4,7-8,10-11,14,17H2. The minimum absolute atomic E-state index is 0.507. The highest BCUT2D eigenvalue weighted by molar-refractivity contribution is 6.30. The maximum atomic E-state index is 6.34. The second-order valence-electron chi connectivity index (χ2n) is 8.40. The highest BCUT2D eigenvalue weighted by Gasteiger charge is 2.25. The van der Waals surface area contributed by atoms with E-state index in [-0.39, 0.29) is 0 Å². The normalized spacial score (nSPS) is 16.6. The van der Waals surface area contributed by atoms with Crippen LogP contribution in [0.5, 0.6) is 0 Å². The average Bonchev–Trinajstić information content (AvgIpc) is 2.96. The van der Waals surface area contributed by atoms with Crippen molar-refractivity contribution >= 4 is 28.8 Å². The molecular weight excluding hydrogens is 425 g/mol. The Balaban J connectivity index is 1.45. The fraction of sp³-hybridized carbons (Fsp3) is 0.308. The van der Waals surface area contributed by atoms with Crippen LogP contribution in [0.15, 0.2) is 60.6 Å². The number of hydrogen-bond donors (Lipinski definition) is 0. The first-order chi connectivity index (χ1) is 15.2. The summed E-state index contributed by atoms with van der Waals surface area (Å²) >= 11 is 12.3. The van der Waals surface area contributed by atoms with Gasteiger partial charge in [-0.2, -0.15) is 0 Å². The molecule has 1 aromatic carbocycles. The smallest absolute Gasteiger partial charge is 0.0739 e. The van der Waals surface area contributed by atoms with Crippen molar-refractivity contribution in [1.29, 1.82) is 0 Å². The number of nitrogens with zero attached hydrogens (tertiary/aromatic N) is 3. The van der Waals surface area contributed by atoms with Crippen LogP contribution < -0.4 is 0 Å². The number of benzene rings is 1. The van der Waals surface area contributed by atoms with Crippen molar-refractivity contribution in [2.75, 3.05) is 13.1 Å². The van der Waals surface area contributed by atoms with Gasteiger partial charge in [-0.05, 0) is 71.7 Å². The first-order valence-corrected chi connectivity index (χ1v) is 11.8. The van der Waals surface area contributed by atoms with Gasteiger partial charge in [-0.25, -0.2) is 0 Å². The Morgan fingerprint density at radius 1 is 0.903 bits per heavy atom. The maximum Gasteiger partial charge on any atom is 0.0739 e. The topological polar surface area (TPSA) is 29.0 Å². The minimum Gasteiger partial charge on any atom is -0.298 e. The van der Waals surface area contributed by atoms with Gasteiger partial charge in [-0.3, -0.25) is 14.9 Å². The molecule has 158 valence electrons. The number of alkyl halides is 1. The van der Waals surface area contributed by atoms with Gasteiger partial charge in [0.1, 0.15) is 0 Å². The predicted octanol–water partition coefficient (Wildman–Crippen LogP) is 6.07. The van der Waals surface area contributed by atoms with E-state index >= 15 is 0 Å². The van der Waals surface area contributed by atoms with E-state index in [0.29, 0.717) is 5.88 Å².